The summed E-state index contributed by atoms with van der Waals surface area (Å²) in [7, 11) is -3.76. The number of oxime groups is 1. The van der Waals surface area contributed by atoms with Crippen molar-refractivity contribution in [2.75, 3.05) is 6.26 Å². The summed E-state index contributed by atoms with van der Waals surface area (Å²) in [5.74, 6) is -0.771. The first-order valence-corrected chi connectivity index (χ1v) is 14.7. The Morgan fingerprint density at radius 2 is 1.69 bits per heavy atom. The maximum Gasteiger partial charge on any atom is 0.327 e. The van der Waals surface area contributed by atoms with Crippen LogP contribution in [0, 0.1) is 0 Å². The SMILES string of the molecule is CC(C)(O)c1cc(-c2ccc(C3=NO[C@@H](CC[C@](C)(C(=O)OCc4ccccc4)S(C)(=O)=O)C3)cc2)ccn1. The van der Waals surface area contributed by atoms with Crippen LogP contribution in [0.2, 0.25) is 0 Å². The van der Waals surface area contributed by atoms with Crippen LogP contribution in [0.3, 0.4) is 0 Å². The fraction of sp³-hybridized carbons (Fsp3) is 0.367. The van der Waals surface area contributed by atoms with Gasteiger partial charge in [-0.05, 0) is 68.0 Å². The number of hydrogen-bond acceptors (Lipinski definition) is 8. The molecule has 2 heterocycles. The van der Waals surface area contributed by atoms with Crippen molar-refractivity contribution >= 4 is 21.5 Å². The summed E-state index contributed by atoms with van der Waals surface area (Å²) in [4.78, 5) is 22.8. The average molecular weight is 551 g/mol. The lowest BCUT2D eigenvalue weighted by Crippen LogP contribution is -2.44. The van der Waals surface area contributed by atoms with Crippen molar-refractivity contribution in [1.82, 2.24) is 4.98 Å². The molecule has 0 saturated carbocycles. The molecule has 0 aliphatic carbocycles. The number of hydrogen-bond donors (Lipinski definition) is 1. The van der Waals surface area contributed by atoms with E-state index in [1.807, 2.05) is 66.7 Å². The van der Waals surface area contributed by atoms with Crippen molar-refractivity contribution < 1.29 is 27.9 Å². The Morgan fingerprint density at radius 1 is 1.03 bits per heavy atom. The number of nitrogens with zero attached hydrogens (tertiary/aromatic N) is 2. The van der Waals surface area contributed by atoms with Crippen molar-refractivity contribution in [3.8, 4) is 11.1 Å². The minimum Gasteiger partial charge on any atom is -0.460 e. The standard InChI is InChI=1S/C30H34N2O6S/c1-29(2,34)27-18-24(15-17-31-27)22-10-12-23(13-11-22)26-19-25(38-32-26)14-16-30(3,39(4,35)36)28(33)37-20-21-8-6-5-7-9-21/h5-13,15,17-18,25,34H,14,16,19-20H2,1-4H3/t25-,30+/m0/s1. The summed E-state index contributed by atoms with van der Waals surface area (Å²) in [5.41, 5.74) is 3.90. The third kappa shape index (κ3) is 6.72. The van der Waals surface area contributed by atoms with E-state index in [-0.39, 0.29) is 19.1 Å². The Balaban J connectivity index is 1.37. The zero-order valence-electron chi connectivity index (χ0n) is 22.6. The van der Waals surface area contributed by atoms with Crippen LogP contribution in [0.4, 0.5) is 0 Å². The minimum atomic E-state index is -3.76. The summed E-state index contributed by atoms with van der Waals surface area (Å²) < 4.78 is 29.0. The average Bonchev–Trinajstić information content (AvgIpc) is 3.39. The molecule has 3 aromatic rings. The fourth-order valence-corrected chi connectivity index (χ4v) is 5.15. The number of ether oxygens (including phenoxy) is 1. The monoisotopic (exact) mass is 550 g/mol. The molecule has 0 saturated heterocycles. The maximum absolute atomic E-state index is 12.9. The first kappa shape index (κ1) is 28.4. The minimum absolute atomic E-state index is 0.00648. The highest BCUT2D eigenvalue weighted by Crippen LogP contribution is 2.30. The van der Waals surface area contributed by atoms with Gasteiger partial charge in [0, 0.05) is 18.9 Å². The molecule has 2 atom stereocenters. The molecule has 1 aliphatic rings. The normalized spacial score (nSPS) is 17.2. The Morgan fingerprint density at radius 3 is 2.33 bits per heavy atom. The molecular formula is C30H34N2O6S. The number of rotatable bonds is 10. The van der Waals surface area contributed by atoms with Gasteiger partial charge in [0.05, 0.1) is 11.4 Å². The van der Waals surface area contributed by atoms with Crippen molar-refractivity contribution in [2.24, 2.45) is 5.16 Å². The third-order valence-electron chi connectivity index (χ3n) is 7.08. The number of carbonyl (C=O) groups is 1. The molecule has 8 nitrogen and oxygen atoms in total. The van der Waals surface area contributed by atoms with Crippen molar-refractivity contribution in [3.05, 3.63) is 89.7 Å². The van der Waals surface area contributed by atoms with E-state index in [4.69, 9.17) is 9.57 Å². The molecule has 2 aromatic carbocycles. The van der Waals surface area contributed by atoms with Crippen LogP contribution >= 0.6 is 0 Å². The molecule has 0 spiro atoms. The second kappa shape index (κ2) is 11.3. The molecule has 0 unspecified atom stereocenters. The molecule has 0 bridgehead atoms. The lowest BCUT2D eigenvalue weighted by atomic mass is 9.96. The predicted molar refractivity (Wildman–Crippen MR) is 150 cm³/mol. The van der Waals surface area contributed by atoms with Crippen LogP contribution in [0.25, 0.3) is 11.1 Å². The van der Waals surface area contributed by atoms with Gasteiger partial charge in [-0.15, -0.1) is 0 Å². The molecule has 206 valence electrons. The van der Waals surface area contributed by atoms with E-state index >= 15 is 0 Å². The number of pyridine rings is 1. The Labute approximate surface area is 229 Å². The Bertz CT molecular complexity index is 1450. The van der Waals surface area contributed by atoms with E-state index in [2.05, 4.69) is 10.1 Å². The number of sulfone groups is 1. The third-order valence-corrected chi connectivity index (χ3v) is 9.09. The number of carbonyl (C=O) groups excluding carboxylic acids is 1. The smallest absolute Gasteiger partial charge is 0.327 e. The fourth-order valence-electron chi connectivity index (χ4n) is 4.30. The molecule has 9 heteroatoms. The molecule has 0 amide bonds. The molecule has 39 heavy (non-hydrogen) atoms. The molecule has 4 rings (SSSR count). The topological polar surface area (TPSA) is 115 Å². The zero-order chi connectivity index (χ0) is 28.3. The molecule has 1 aliphatic heterocycles. The van der Waals surface area contributed by atoms with Gasteiger partial charge < -0.3 is 14.7 Å². The van der Waals surface area contributed by atoms with E-state index in [0.29, 0.717) is 18.5 Å². The van der Waals surface area contributed by atoms with E-state index in [9.17, 15) is 18.3 Å². The van der Waals surface area contributed by atoms with Gasteiger partial charge in [-0.2, -0.15) is 0 Å². The predicted octanol–water partition coefficient (Wildman–Crippen LogP) is 4.80. The van der Waals surface area contributed by atoms with Crippen molar-refractivity contribution in [3.63, 3.8) is 0 Å². The van der Waals surface area contributed by atoms with E-state index < -0.39 is 26.2 Å². The quantitative estimate of drug-likeness (QED) is 0.361. The van der Waals surface area contributed by atoms with Crippen LogP contribution in [-0.4, -0.2) is 47.3 Å². The van der Waals surface area contributed by atoms with Crippen LogP contribution < -0.4 is 0 Å². The number of benzene rings is 2. The highest BCUT2D eigenvalue weighted by atomic mass is 32.2. The van der Waals surface area contributed by atoms with Crippen LogP contribution in [0.5, 0.6) is 0 Å². The van der Waals surface area contributed by atoms with Gasteiger partial charge in [0.2, 0.25) is 0 Å². The number of aromatic nitrogens is 1. The van der Waals surface area contributed by atoms with Gasteiger partial charge in [0.15, 0.2) is 14.6 Å². The largest absolute Gasteiger partial charge is 0.460 e. The van der Waals surface area contributed by atoms with Gasteiger partial charge in [-0.3, -0.25) is 9.78 Å². The zero-order valence-corrected chi connectivity index (χ0v) is 23.4. The second-order valence-corrected chi connectivity index (χ2v) is 13.1. The molecule has 0 radical (unpaired) electrons. The molecule has 0 fully saturated rings. The lowest BCUT2D eigenvalue weighted by molar-refractivity contribution is -0.148. The van der Waals surface area contributed by atoms with Crippen LogP contribution in [-0.2, 0) is 36.4 Å². The number of aliphatic hydroxyl groups is 1. The maximum atomic E-state index is 12.9. The van der Waals surface area contributed by atoms with E-state index in [1.165, 1.54) is 6.92 Å². The van der Waals surface area contributed by atoms with Crippen molar-refractivity contribution in [2.45, 2.75) is 63.1 Å². The highest BCUT2D eigenvalue weighted by molar-refractivity contribution is 7.92. The van der Waals surface area contributed by atoms with Gasteiger partial charge in [-0.25, -0.2) is 8.42 Å². The van der Waals surface area contributed by atoms with E-state index in [0.717, 1.165) is 34.2 Å². The molecule has 1 N–H and O–H groups in total. The highest BCUT2D eigenvalue weighted by Gasteiger charge is 2.45. The van der Waals surface area contributed by atoms with Gasteiger partial charge in [-0.1, -0.05) is 59.8 Å². The Kier molecular flexibility index (Phi) is 8.23. The first-order valence-electron chi connectivity index (χ1n) is 12.8. The number of esters is 1. The van der Waals surface area contributed by atoms with Gasteiger partial charge in [0.25, 0.3) is 0 Å². The summed E-state index contributed by atoms with van der Waals surface area (Å²) in [6.07, 6.45) is 3.26. The van der Waals surface area contributed by atoms with Gasteiger partial charge in [0.1, 0.15) is 18.3 Å². The lowest BCUT2D eigenvalue weighted by Gasteiger charge is -2.26. The van der Waals surface area contributed by atoms with Gasteiger partial charge >= 0.3 is 5.97 Å². The summed E-state index contributed by atoms with van der Waals surface area (Å²) >= 11 is 0. The first-order chi connectivity index (χ1) is 18.4. The Hall–Kier alpha value is -3.56. The van der Waals surface area contributed by atoms with E-state index in [1.54, 1.807) is 20.0 Å². The molecule has 1 aromatic heterocycles. The second-order valence-electron chi connectivity index (χ2n) is 10.6. The van der Waals surface area contributed by atoms with Crippen LogP contribution in [0.1, 0.15) is 56.9 Å². The summed E-state index contributed by atoms with van der Waals surface area (Å²) in [6, 6.07) is 20.7. The van der Waals surface area contributed by atoms with Crippen molar-refractivity contribution in [1.29, 1.82) is 0 Å². The summed E-state index contributed by atoms with van der Waals surface area (Å²) in [5, 5.41) is 14.5. The van der Waals surface area contributed by atoms with Crippen LogP contribution in [0.15, 0.2) is 78.1 Å². The molecular weight excluding hydrogens is 516 g/mol. The summed E-state index contributed by atoms with van der Waals surface area (Å²) in [6.45, 7) is 4.81.